The summed E-state index contributed by atoms with van der Waals surface area (Å²) in [5.41, 5.74) is -1.69. The zero-order valence-corrected chi connectivity index (χ0v) is 23.3. The number of amides is 3. The van der Waals surface area contributed by atoms with Gasteiger partial charge in [-0.25, -0.2) is 18.6 Å². The fourth-order valence-corrected chi connectivity index (χ4v) is 3.98. The van der Waals surface area contributed by atoms with Crippen LogP contribution in [0.4, 0.5) is 32.4 Å². The number of alkyl carbamates (subject to hydrolysis) is 1. The first kappa shape index (κ1) is 32.8. The number of aryl methyl sites for hydroxylation is 1. The van der Waals surface area contributed by atoms with E-state index in [0.29, 0.717) is 0 Å². The van der Waals surface area contributed by atoms with E-state index in [2.05, 4.69) is 25.3 Å². The molecule has 1 aromatic carbocycles. The number of halogens is 5. The molecular weight excluding hydrogens is 583 g/mol. The summed E-state index contributed by atoms with van der Waals surface area (Å²) < 4.78 is 72.4. The van der Waals surface area contributed by atoms with Crippen molar-refractivity contribution in [2.45, 2.75) is 44.4 Å². The van der Waals surface area contributed by atoms with E-state index in [-0.39, 0.29) is 47.8 Å². The van der Waals surface area contributed by atoms with E-state index in [1.165, 1.54) is 35.4 Å². The number of imidazole rings is 1. The van der Waals surface area contributed by atoms with Crippen molar-refractivity contribution in [3.05, 3.63) is 69.9 Å². The summed E-state index contributed by atoms with van der Waals surface area (Å²) in [4.78, 5) is 57.7. The summed E-state index contributed by atoms with van der Waals surface area (Å²) >= 11 is 0. The van der Waals surface area contributed by atoms with Crippen LogP contribution < -0.4 is 16.2 Å². The number of ether oxygens (including phenoxy) is 1. The Morgan fingerprint density at radius 3 is 2.60 bits per heavy atom. The van der Waals surface area contributed by atoms with E-state index in [0.717, 1.165) is 17.7 Å². The molecule has 3 aromatic rings. The second-order valence-electron chi connectivity index (χ2n) is 9.59. The Morgan fingerprint density at radius 1 is 1.23 bits per heavy atom. The van der Waals surface area contributed by atoms with E-state index < -0.39 is 59.8 Å². The van der Waals surface area contributed by atoms with Crippen molar-refractivity contribution < 1.29 is 41.1 Å². The Kier molecular flexibility index (Phi) is 10.6. The van der Waals surface area contributed by atoms with Gasteiger partial charge in [0, 0.05) is 38.3 Å². The van der Waals surface area contributed by atoms with Crippen molar-refractivity contribution in [2.75, 3.05) is 26.5 Å². The third-order valence-corrected chi connectivity index (χ3v) is 6.19. The normalized spacial score (nSPS) is 12.4. The molecule has 43 heavy (non-hydrogen) atoms. The lowest BCUT2D eigenvalue weighted by molar-refractivity contribution is -0.134. The number of aromatic amines is 1. The first-order valence-electron chi connectivity index (χ1n) is 12.8. The van der Waals surface area contributed by atoms with Gasteiger partial charge in [-0.05, 0) is 37.5 Å². The quantitative estimate of drug-likeness (QED) is 0.223. The molecule has 1 unspecified atom stereocenters. The fraction of sp³-hybridized carbons (Fsp3) is 0.370. The van der Waals surface area contributed by atoms with E-state index >= 15 is 0 Å². The molecule has 0 bridgehead atoms. The minimum Gasteiger partial charge on any atom is -0.453 e. The molecule has 1 atom stereocenters. The maximum atomic E-state index is 14.4. The van der Waals surface area contributed by atoms with Gasteiger partial charge >= 0.3 is 12.3 Å². The minimum atomic E-state index is -4.60. The Hall–Kier alpha value is -4.76. The average molecular weight is 613 g/mol. The van der Waals surface area contributed by atoms with Crippen LogP contribution >= 0.6 is 0 Å². The lowest BCUT2D eigenvalue weighted by Gasteiger charge is -2.17. The number of benzene rings is 1. The number of carbonyl (C=O) groups excluding carboxylic acids is 3. The number of H-pyrrole nitrogens is 1. The molecule has 2 aromatic heterocycles. The van der Waals surface area contributed by atoms with Gasteiger partial charge in [0.2, 0.25) is 11.8 Å². The number of aromatic nitrogens is 3. The van der Waals surface area contributed by atoms with Crippen LogP contribution in [0.5, 0.6) is 0 Å². The maximum absolute atomic E-state index is 14.4. The fourth-order valence-electron chi connectivity index (χ4n) is 3.98. The molecular formula is C27H29F5N6O5. The number of hydrogen-bond donors (Lipinski definition) is 3. The van der Waals surface area contributed by atoms with Gasteiger partial charge in [0.15, 0.2) is 11.6 Å². The molecule has 232 valence electrons. The number of nitrogens with one attached hydrogen (secondary N) is 3. The molecule has 0 aliphatic carbocycles. The van der Waals surface area contributed by atoms with Gasteiger partial charge in [-0.15, -0.1) is 0 Å². The Morgan fingerprint density at radius 2 is 1.95 bits per heavy atom. The molecule has 11 nitrogen and oxygen atoms in total. The summed E-state index contributed by atoms with van der Waals surface area (Å²) in [5.74, 6) is -3.80. The number of likely N-dealkylation sites (N-methyl/N-ethyl adjacent to an activating group) is 1. The number of hydrogen-bond acceptors (Lipinski definition) is 6. The molecule has 0 spiro atoms. The standard InChI is InChI=1S/C27H29F5N6O5/c1-37(2)21(39)9-5-4-7-17(35-26(42)43-3)24(40)34-18-8-6-12-38(25(18)41)14-20-33-19-13-16(28)22(29)15(23(19)36-20)10-11-27(30,31)32/h5-6,8-9,12-13,17H,4,7,10-11,14H2,1-3H3,(H,33,36)(H,34,40)(H,35,42). The monoisotopic (exact) mass is 612 g/mol. The third-order valence-electron chi connectivity index (χ3n) is 6.19. The number of carbonyl (C=O) groups is 3. The first-order valence-corrected chi connectivity index (χ1v) is 12.8. The number of nitrogens with zero attached hydrogens (tertiary/aromatic N) is 3. The van der Waals surface area contributed by atoms with Crippen LogP contribution in [0.1, 0.15) is 30.7 Å². The van der Waals surface area contributed by atoms with Gasteiger partial charge in [-0.1, -0.05) is 6.08 Å². The highest BCUT2D eigenvalue weighted by Gasteiger charge is 2.29. The van der Waals surface area contributed by atoms with E-state index in [4.69, 9.17) is 0 Å². The highest BCUT2D eigenvalue weighted by molar-refractivity contribution is 5.96. The van der Waals surface area contributed by atoms with Gasteiger partial charge in [-0.2, -0.15) is 13.2 Å². The van der Waals surface area contributed by atoms with Crippen molar-refractivity contribution >= 4 is 34.6 Å². The highest BCUT2D eigenvalue weighted by Crippen LogP contribution is 2.28. The van der Waals surface area contributed by atoms with Gasteiger partial charge in [0.05, 0.1) is 24.7 Å². The van der Waals surface area contributed by atoms with E-state index in [9.17, 15) is 41.1 Å². The summed E-state index contributed by atoms with van der Waals surface area (Å²) in [6.07, 6.45) is -3.27. The van der Waals surface area contributed by atoms with Gasteiger partial charge in [0.1, 0.15) is 17.6 Å². The van der Waals surface area contributed by atoms with Crippen LogP contribution in [0.3, 0.4) is 0 Å². The summed E-state index contributed by atoms with van der Waals surface area (Å²) in [7, 11) is 4.24. The predicted octanol–water partition coefficient (Wildman–Crippen LogP) is 3.63. The molecule has 0 radical (unpaired) electrons. The Bertz CT molecular complexity index is 1580. The maximum Gasteiger partial charge on any atom is 0.407 e. The van der Waals surface area contributed by atoms with Crippen LogP contribution in [0.15, 0.2) is 41.3 Å². The minimum absolute atomic E-state index is 0.0168. The van der Waals surface area contributed by atoms with Crippen molar-refractivity contribution in [3.8, 4) is 0 Å². The van der Waals surface area contributed by atoms with Crippen LogP contribution in [-0.4, -0.2) is 70.8 Å². The second kappa shape index (κ2) is 13.9. The van der Waals surface area contributed by atoms with Gasteiger partial charge < -0.3 is 29.8 Å². The van der Waals surface area contributed by atoms with Gasteiger partial charge in [0.25, 0.3) is 5.56 Å². The molecule has 2 heterocycles. The molecule has 16 heteroatoms. The predicted molar refractivity (Wildman–Crippen MR) is 145 cm³/mol. The van der Waals surface area contributed by atoms with Crippen molar-refractivity contribution in [1.82, 2.24) is 24.8 Å². The summed E-state index contributed by atoms with van der Waals surface area (Å²) in [5, 5.41) is 4.80. The summed E-state index contributed by atoms with van der Waals surface area (Å²) in [6.45, 7) is -0.284. The van der Waals surface area contributed by atoms with Crippen molar-refractivity contribution in [3.63, 3.8) is 0 Å². The largest absolute Gasteiger partial charge is 0.453 e. The van der Waals surface area contributed by atoms with Crippen LogP contribution in [0.2, 0.25) is 0 Å². The zero-order chi connectivity index (χ0) is 31.9. The molecule has 0 aliphatic rings. The lowest BCUT2D eigenvalue weighted by atomic mass is 10.1. The number of pyridine rings is 1. The van der Waals surface area contributed by atoms with E-state index in [1.54, 1.807) is 14.1 Å². The smallest absolute Gasteiger partial charge is 0.407 e. The Balaban J connectivity index is 1.81. The molecule has 0 fully saturated rings. The molecule has 3 rings (SSSR count). The first-order chi connectivity index (χ1) is 20.2. The SMILES string of the molecule is COC(=O)NC(CCC=CC(=O)N(C)C)C(=O)Nc1cccn(Cc2nc3c(CCC(F)(F)F)c(F)c(F)cc3[nH]2)c1=O. The molecule has 0 aliphatic heterocycles. The van der Waals surface area contributed by atoms with Crippen LogP contribution in [-0.2, 0) is 27.3 Å². The number of rotatable bonds is 11. The third kappa shape index (κ3) is 8.86. The number of anilines is 1. The number of alkyl halides is 3. The zero-order valence-electron chi connectivity index (χ0n) is 23.3. The molecule has 0 saturated carbocycles. The lowest BCUT2D eigenvalue weighted by Crippen LogP contribution is -2.44. The molecule has 0 saturated heterocycles. The van der Waals surface area contributed by atoms with Crippen LogP contribution in [0, 0.1) is 11.6 Å². The molecule has 3 N–H and O–H groups in total. The average Bonchev–Trinajstić information content (AvgIpc) is 3.33. The summed E-state index contributed by atoms with van der Waals surface area (Å²) in [6, 6.07) is 2.35. The number of allylic oxidation sites excluding steroid dienone is 1. The van der Waals surface area contributed by atoms with Gasteiger partial charge in [-0.3, -0.25) is 14.4 Å². The number of fused-ring (bicyclic) bond motifs is 1. The van der Waals surface area contributed by atoms with Crippen molar-refractivity contribution in [1.29, 1.82) is 0 Å². The number of methoxy groups -OCH3 is 1. The topological polar surface area (TPSA) is 138 Å². The highest BCUT2D eigenvalue weighted by atomic mass is 19.4. The van der Waals surface area contributed by atoms with Crippen molar-refractivity contribution in [2.24, 2.45) is 0 Å². The van der Waals surface area contributed by atoms with Crippen LogP contribution in [0.25, 0.3) is 11.0 Å². The van der Waals surface area contributed by atoms with E-state index in [1.807, 2.05) is 0 Å². The molecule has 3 amide bonds. The Labute approximate surface area is 241 Å². The second-order valence-corrected chi connectivity index (χ2v) is 9.59.